The van der Waals surface area contributed by atoms with E-state index in [1.807, 2.05) is 30.4 Å². The van der Waals surface area contributed by atoms with E-state index in [4.69, 9.17) is 0 Å². The molecule has 2 aliphatic rings. The largest absolute Gasteiger partial charge is 1.00 e. The van der Waals surface area contributed by atoms with Crippen LogP contribution >= 0.6 is 0 Å². The van der Waals surface area contributed by atoms with Gasteiger partial charge in [0, 0.05) is 0 Å². The molecule has 0 radical (unpaired) electrons. The first-order valence-corrected chi connectivity index (χ1v) is 7.13. The summed E-state index contributed by atoms with van der Waals surface area (Å²) in [5.74, 6) is 0. The van der Waals surface area contributed by atoms with Gasteiger partial charge in [0.1, 0.15) is 0 Å². The van der Waals surface area contributed by atoms with Crippen LogP contribution in [-0.4, -0.2) is 3.81 Å². The van der Waals surface area contributed by atoms with Crippen molar-refractivity contribution in [3.8, 4) is 0 Å². The maximum atomic E-state index is 2.99. The molecule has 0 nitrogen and oxygen atoms in total. The molecule has 0 aliphatic heterocycles. The average Bonchev–Trinajstić information content (AvgIpc) is 3.18. The summed E-state index contributed by atoms with van der Waals surface area (Å²) in [6.07, 6.45) is 20.0. The van der Waals surface area contributed by atoms with Crippen LogP contribution in [0, 0.1) is 12.2 Å². The molecule has 0 spiro atoms. The predicted molar refractivity (Wildman–Crippen MR) is 79.4 cm³/mol. The third-order valence-electron chi connectivity index (χ3n) is 2.38. The van der Waals surface area contributed by atoms with Gasteiger partial charge in [-0.15, -0.1) is 12.8 Å². The average molecular weight is 353 g/mol. The molecule has 1 aromatic rings. The Hall–Kier alpha value is -0.656. The standard InChI is InChI=1S/C8H8.2C5H5.2ClH.Ti/c1-2-8-6-4-3-5-7-8;2*1-2-4-5-3-1;;;/h3-7H,1H3;2*1-3H,4H2;2*1H;/q;2*-1;;;+2/p-2. The Labute approximate surface area is 152 Å². The monoisotopic (exact) mass is 352 g/mol. The van der Waals surface area contributed by atoms with E-state index in [0.717, 1.165) is 12.8 Å². The molecular formula is C18H18Cl2Ti-2. The Balaban J connectivity index is 0. The molecule has 2 aliphatic carbocycles. The third kappa shape index (κ3) is 12.8. The first-order chi connectivity index (χ1) is 9.30. The van der Waals surface area contributed by atoms with Gasteiger partial charge in [-0.2, -0.15) is 12.2 Å². The van der Waals surface area contributed by atoms with Crippen LogP contribution in [0.3, 0.4) is 0 Å². The van der Waals surface area contributed by atoms with Gasteiger partial charge in [-0.3, -0.25) is 12.2 Å². The van der Waals surface area contributed by atoms with Crippen molar-refractivity contribution in [2.45, 2.75) is 19.8 Å². The van der Waals surface area contributed by atoms with Gasteiger partial charge in [0.15, 0.2) is 0 Å². The molecule has 0 saturated carbocycles. The van der Waals surface area contributed by atoms with E-state index in [-0.39, 0.29) is 24.8 Å². The zero-order valence-corrected chi connectivity index (χ0v) is 15.1. The summed E-state index contributed by atoms with van der Waals surface area (Å²) in [6, 6.07) is 10.4. The first kappa shape index (κ1) is 22.6. The number of hydrogen-bond donors (Lipinski definition) is 0. The number of hydrogen-bond acceptors (Lipinski definition) is 0. The molecule has 1 aromatic carbocycles. The summed E-state index contributed by atoms with van der Waals surface area (Å²) in [7, 11) is 0. The summed E-state index contributed by atoms with van der Waals surface area (Å²) < 4.78 is 1.37. The van der Waals surface area contributed by atoms with Gasteiger partial charge in [-0.25, -0.2) is 24.3 Å². The van der Waals surface area contributed by atoms with Gasteiger partial charge in [0.2, 0.25) is 0 Å². The topological polar surface area (TPSA) is 0 Å². The minimum Gasteiger partial charge on any atom is -1.00 e. The van der Waals surface area contributed by atoms with Gasteiger partial charge < -0.3 is 24.8 Å². The zero-order chi connectivity index (χ0) is 13.8. The molecule has 0 N–H and O–H groups in total. The van der Waals surface area contributed by atoms with E-state index in [9.17, 15) is 0 Å². The zero-order valence-electron chi connectivity index (χ0n) is 12.0. The fourth-order valence-corrected chi connectivity index (χ4v) is 1.63. The fourth-order valence-electron chi connectivity index (χ4n) is 1.37. The number of halogens is 2. The summed E-state index contributed by atoms with van der Waals surface area (Å²) in [6.45, 7) is 2.12. The second kappa shape index (κ2) is 15.7. The second-order valence-electron chi connectivity index (χ2n) is 4.00. The summed E-state index contributed by atoms with van der Waals surface area (Å²) in [5.41, 5.74) is 1.33. The van der Waals surface area contributed by atoms with Crippen molar-refractivity contribution in [2.75, 3.05) is 0 Å². The van der Waals surface area contributed by atoms with Crippen LogP contribution < -0.4 is 24.8 Å². The van der Waals surface area contributed by atoms with Gasteiger partial charge in [0.05, 0.1) is 0 Å². The number of benzene rings is 1. The molecule has 0 unspecified atom stereocenters. The van der Waals surface area contributed by atoms with E-state index < -0.39 is 0 Å². The van der Waals surface area contributed by atoms with Crippen molar-refractivity contribution in [3.05, 3.63) is 84.5 Å². The molecule has 3 heteroatoms. The van der Waals surface area contributed by atoms with E-state index in [1.54, 1.807) is 0 Å². The Morgan fingerprint density at radius 3 is 1.57 bits per heavy atom. The van der Waals surface area contributed by atoms with Crippen LogP contribution in [-0.2, 0) is 20.0 Å². The quantitative estimate of drug-likeness (QED) is 0.421. The summed E-state index contributed by atoms with van der Waals surface area (Å²) in [5, 5.41) is 0. The minimum atomic E-state index is 0. The van der Waals surface area contributed by atoms with E-state index in [1.165, 1.54) is 9.37 Å². The van der Waals surface area contributed by atoms with Crippen molar-refractivity contribution < 1.29 is 44.8 Å². The van der Waals surface area contributed by atoms with Crippen LogP contribution in [0.1, 0.15) is 25.3 Å². The smallest absolute Gasteiger partial charge is 0.109 e. The van der Waals surface area contributed by atoms with Gasteiger partial charge in [0.25, 0.3) is 0 Å². The Bertz CT molecular complexity index is 443. The maximum Gasteiger partial charge on any atom is -0.109 e. The first-order valence-electron chi connectivity index (χ1n) is 6.34. The molecule has 3 rings (SSSR count). The van der Waals surface area contributed by atoms with Crippen LogP contribution in [0.25, 0.3) is 0 Å². The van der Waals surface area contributed by atoms with Crippen LogP contribution in [0.5, 0.6) is 0 Å². The molecule has 0 bridgehead atoms. The molecule has 0 aromatic heterocycles. The van der Waals surface area contributed by atoms with E-state index in [0.29, 0.717) is 0 Å². The van der Waals surface area contributed by atoms with E-state index in [2.05, 4.69) is 75.5 Å². The maximum absolute atomic E-state index is 2.99. The number of allylic oxidation sites excluding steroid dienone is 8. The Morgan fingerprint density at radius 2 is 1.38 bits per heavy atom. The van der Waals surface area contributed by atoms with Crippen LogP contribution in [0.15, 0.2) is 66.8 Å². The molecule has 21 heavy (non-hydrogen) atoms. The van der Waals surface area contributed by atoms with Gasteiger partial charge in [-0.05, 0) is 0 Å². The predicted octanol–water partition coefficient (Wildman–Crippen LogP) is -1.61. The van der Waals surface area contributed by atoms with Gasteiger partial charge >= 0.3 is 66.6 Å². The van der Waals surface area contributed by atoms with Gasteiger partial charge in [-0.1, -0.05) is 0 Å². The molecule has 0 fully saturated rings. The van der Waals surface area contributed by atoms with Crippen LogP contribution in [0.4, 0.5) is 0 Å². The Kier molecular flexibility index (Phi) is 16.9. The normalized spacial score (nSPS) is 12.3. The summed E-state index contributed by atoms with van der Waals surface area (Å²) >= 11 is 2.12. The molecule has 0 atom stereocenters. The molecule has 0 amide bonds. The SMILES string of the molecule is C[C](=[Ti+2])c1ccccc1.[C-]1=CC=CC1.[C-]1=CC=CC1.[Cl-].[Cl-]. The van der Waals surface area contributed by atoms with Crippen molar-refractivity contribution in [3.63, 3.8) is 0 Å². The van der Waals surface area contributed by atoms with Crippen molar-refractivity contribution in [1.82, 2.24) is 0 Å². The van der Waals surface area contributed by atoms with Crippen molar-refractivity contribution in [1.29, 1.82) is 0 Å². The van der Waals surface area contributed by atoms with Crippen molar-refractivity contribution >= 4 is 3.81 Å². The molecule has 0 saturated heterocycles. The molecular weight excluding hydrogens is 335 g/mol. The minimum absolute atomic E-state index is 0. The fraction of sp³-hybridized carbons (Fsp3) is 0.167. The Morgan fingerprint density at radius 1 is 0.905 bits per heavy atom. The third-order valence-corrected chi connectivity index (χ3v) is 2.83. The molecule has 0 heterocycles. The second-order valence-corrected chi connectivity index (χ2v) is 5.17. The van der Waals surface area contributed by atoms with Crippen LogP contribution in [0.2, 0.25) is 0 Å². The summed E-state index contributed by atoms with van der Waals surface area (Å²) in [4.78, 5) is 0. The van der Waals surface area contributed by atoms with E-state index >= 15 is 0 Å². The molecule has 110 valence electrons. The number of rotatable bonds is 1. The van der Waals surface area contributed by atoms with Crippen molar-refractivity contribution in [2.24, 2.45) is 0 Å².